The van der Waals surface area contributed by atoms with Gasteiger partial charge in [-0.25, -0.2) is 9.97 Å². The van der Waals surface area contributed by atoms with Gasteiger partial charge in [-0.2, -0.15) is 0 Å². The van der Waals surface area contributed by atoms with Crippen LogP contribution in [-0.2, 0) is 11.3 Å². The van der Waals surface area contributed by atoms with Crippen molar-refractivity contribution >= 4 is 28.3 Å². The van der Waals surface area contributed by atoms with Gasteiger partial charge >= 0.3 is 0 Å². The second-order valence-electron chi connectivity index (χ2n) is 8.37. The minimum Gasteiger partial charge on any atom is -0.369 e. The second kappa shape index (κ2) is 9.31. The number of amides is 1. The molecule has 0 unspecified atom stereocenters. The van der Waals surface area contributed by atoms with E-state index in [4.69, 9.17) is 15.7 Å². The lowest BCUT2D eigenvalue weighted by molar-refractivity contribution is -0.119. The van der Waals surface area contributed by atoms with Gasteiger partial charge in [0.15, 0.2) is 0 Å². The van der Waals surface area contributed by atoms with Crippen molar-refractivity contribution in [2.75, 3.05) is 36.4 Å². The van der Waals surface area contributed by atoms with E-state index in [0.717, 1.165) is 42.9 Å². The zero-order chi connectivity index (χ0) is 21.8. The van der Waals surface area contributed by atoms with Gasteiger partial charge in [0.25, 0.3) is 0 Å². The highest BCUT2D eigenvalue weighted by Crippen LogP contribution is 2.23. The topological polar surface area (TPSA) is 87.4 Å². The number of aromatic nitrogens is 2. The van der Waals surface area contributed by atoms with Gasteiger partial charge in [-0.15, -0.1) is 0 Å². The van der Waals surface area contributed by atoms with E-state index in [1.54, 1.807) is 0 Å². The summed E-state index contributed by atoms with van der Waals surface area (Å²) in [4.78, 5) is 26.3. The van der Waals surface area contributed by atoms with Crippen molar-refractivity contribution < 1.29 is 4.79 Å². The van der Waals surface area contributed by atoms with Crippen molar-refractivity contribution in [2.24, 2.45) is 11.7 Å². The number of para-hydroxylation sites is 2. The summed E-state index contributed by atoms with van der Waals surface area (Å²) in [7, 11) is 0. The van der Waals surface area contributed by atoms with Crippen LogP contribution in [0.2, 0.25) is 0 Å². The monoisotopic (exact) mass is 418 g/mol. The zero-order valence-corrected chi connectivity index (χ0v) is 18.2. The molecule has 4 rings (SSSR count). The van der Waals surface area contributed by atoms with Crippen LogP contribution in [0.1, 0.15) is 19.7 Å². The average Bonchev–Trinajstić information content (AvgIpc) is 2.78. The van der Waals surface area contributed by atoms with E-state index in [9.17, 15) is 4.79 Å². The lowest BCUT2D eigenvalue weighted by Crippen LogP contribution is -2.46. The third kappa shape index (κ3) is 4.94. The summed E-state index contributed by atoms with van der Waals surface area (Å²) in [5.41, 5.74) is 7.75. The van der Waals surface area contributed by atoms with Crippen molar-refractivity contribution in [3.63, 3.8) is 0 Å². The molecule has 3 aromatic rings. The highest BCUT2D eigenvalue weighted by molar-refractivity contribution is 5.91. The third-order valence-electron chi connectivity index (χ3n) is 5.77. The average molecular weight is 419 g/mol. The molecule has 0 spiro atoms. The molecule has 0 aliphatic carbocycles. The number of hydrogen-bond acceptors (Lipinski definition) is 6. The van der Waals surface area contributed by atoms with Crippen molar-refractivity contribution in [2.45, 2.75) is 26.4 Å². The molecule has 1 aliphatic rings. The summed E-state index contributed by atoms with van der Waals surface area (Å²) >= 11 is 0. The molecule has 1 saturated heterocycles. The Labute approximate surface area is 183 Å². The minimum atomic E-state index is -0.486. The largest absolute Gasteiger partial charge is 0.369 e. The fourth-order valence-corrected chi connectivity index (χ4v) is 4.02. The molecule has 7 nitrogen and oxygen atoms in total. The molecule has 0 saturated carbocycles. The van der Waals surface area contributed by atoms with Crippen LogP contribution in [0.4, 0.5) is 11.5 Å². The molecule has 7 heteroatoms. The van der Waals surface area contributed by atoms with E-state index < -0.39 is 6.04 Å². The first-order valence-corrected chi connectivity index (χ1v) is 10.8. The molecule has 162 valence electrons. The van der Waals surface area contributed by atoms with Crippen molar-refractivity contribution in [3.05, 3.63) is 60.4 Å². The summed E-state index contributed by atoms with van der Waals surface area (Å²) in [6, 6.07) is 17.9. The molecular formula is C24H30N6O. The van der Waals surface area contributed by atoms with Gasteiger partial charge in [0, 0.05) is 37.3 Å². The Balaban J connectivity index is 1.51. The summed E-state index contributed by atoms with van der Waals surface area (Å²) in [6.07, 6.45) is 0. The van der Waals surface area contributed by atoms with Crippen LogP contribution in [-0.4, -0.2) is 53.0 Å². The Morgan fingerprint density at radius 3 is 2.35 bits per heavy atom. The zero-order valence-electron chi connectivity index (χ0n) is 18.2. The molecule has 2 heterocycles. The number of nitrogens with two attached hydrogens (primary N) is 1. The standard InChI is InChI=1S/C24H30N6O/c1-17(2)22(23(25)31)28-24-19-10-6-7-11-20(19)26-21(27-24)16-29-12-14-30(15-13-29)18-8-4-3-5-9-18/h3-11,17,22H,12-16H2,1-2H3,(H2,25,31)(H,26,27,28)/t22-/m0/s1. The molecule has 1 amide bonds. The van der Waals surface area contributed by atoms with E-state index >= 15 is 0 Å². The number of primary amides is 1. The maximum atomic E-state index is 11.9. The van der Waals surface area contributed by atoms with Gasteiger partial charge in [0.1, 0.15) is 17.7 Å². The number of piperazine rings is 1. The number of carbonyl (C=O) groups excluding carboxylic acids is 1. The normalized spacial score (nSPS) is 15.9. The highest BCUT2D eigenvalue weighted by atomic mass is 16.1. The van der Waals surface area contributed by atoms with Gasteiger partial charge in [0.05, 0.1) is 12.1 Å². The summed E-state index contributed by atoms with van der Waals surface area (Å²) < 4.78 is 0. The first kappa shape index (κ1) is 21.1. The summed E-state index contributed by atoms with van der Waals surface area (Å²) in [5.74, 6) is 1.10. The number of nitrogens with one attached hydrogen (secondary N) is 1. The van der Waals surface area contributed by atoms with Crippen LogP contribution in [0.5, 0.6) is 0 Å². The van der Waals surface area contributed by atoms with E-state index in [2.05, 4.69) is 39.4 Å². The van der Waals surface area contributed by atoms with Gasteiger partial charge in [-0.3, -0.25) is 9.69 Å². The lowest BCUT2D eigenvalue weighted by Gasteiger charge is -2.35. The number of rotatable bonds is 7. The number of benzene rings is 2. The Morgan fingerprint density at radius 2 is 1.68 bits per heavy atom. The van der Waals surface area contributed by atoms with Crippen molar-refractivity contribution in [1.29, 1.82) is 0 Å². The van der Waals surface area contributed by atoms with Crippen LogP contribution in [0, 0.1) is 5.92 Å². The van der Waals surface area contributed by atoms with Crippen molar-refractivity contribution in [1.82, 2.24) is 14.9 Å². The fraction of sp³-hybridized carbons (Fsp3) is 0.375. The van der Waals surface area contributed by atoms with Crippen LogP contribution >= 0.6 is 0 Å². The Morgan fingerprint density at radius 1 is 1.00 bits per heavy atom. The van der Waals surface area contributed by atoms with Gasteiger partial charge in [0.2, 0.25) is 5.91 Å². The van der Waals surface area contributed by atoms with E-state index in [0.29, 0.717) is 12.4 Å². The Kier molecular flexibility index (Phi) is 6.32. The van der Waals surface area contributed by atoms with E-state index in [1.807, 2.05) is 44.2 Å². The first-order chi connectivity index (χ1) is 15.0. The summed E-state index contributed by atoms with van der Waals surface area (Å²) in [5, 5.41) is 4.17. The van der Waals surface area contributed by atoms with Crippen LogP contribution < -0.4 is 16.0 Å². The number of nitrogens with zero attached hydrogens (tertiary/aromatic N) is 4. The molecule has 31 heavy (non-hydrogen) atoms. The van der Waals surface area contributed by atoms with Crippen molar-refractivity contribution in [3.8, 4) is 0 Å². The van der Waals surface area contributed by atoms with Crippen LogP contribution in [0.25, 0.3) is 10.9 Å². The maximum absolute atomic E-state index is 11.9. The molecule has 2 aromatic carbocycles. The molecule has 1 aromatic heterocycles. The molecule has 0 radical (unpaired) electrons. The predicted molar refractivity (Wildman–Crippen MR) is 125 cm³/mol. The van der Waals surface area contributed by atoms with Crippen LogP contribution in [0.15, 0.2) is 54.6 Å². The van der Waals surface area contributed by atoms with Gasteiger partial charge in [-0.1, -0.05) is 44.2 Å². The van der Waals surface area contributed by atoms with E-state index in [1.165, 1.54) is 5.69 Å². The molecule has 1 atom stereocenters. The lowest BCUT2D eigenvalue weighted by atomic mass is 10.0. The molecule has 1 aliphatic heterocycles. The number of hydrogen-bond donors (Lipinski definition) is 2. The molecule has 0 bridgehead atoms. The second-order valence-corrected chi connectivity index (χ2v) is 8.37. The van der Waals surface area contributed by atoms with Gasteiger partial charge < -0.3 is 16.0 Å². The minimum absolute atomic E-state index is 0.0562. The van der Waals surface area contributed by atoms with Gasteiger partial charge in [-0.05, 0) is 30.2 Å². The molecule has 3 N–H and O–H groups in total. The first-order valence-electron chi connectivity index (χ1n) is 10.8. The predicted octanol–water partition coefficient (Wildman–Crippen LogP) is 2.87. The Bertz CT molecular complexity index is 1030. The quantitative estimate of drug-likeness (QED) is 0.614. The SMILES string of the molecule is CC(C)[C@H](Nc1nc(CN2CCN(c3ccccc3)CC2)nc2ccccc12)C(N)=O. The number of anilines is 2. The smallest absolute Gasteiger partial charge is 0.240 e. The maximum Gasteiger partial charge on any atom is 0.240 e. The third-order valence-corrected chi connectivity index (χ3v) is 5.77. The fourth-order valence-electron chi connectivity index (χ4n) is 4.02. The summed E-state index contributed by atoms with van der Waals surface area (Å²) in [6.45, 7) is 8.45. The Hall–Kier alpha value is -3.19. The number of carbonyl (C=O) groups is 1. The molecular weight excluding hydrogens is 388 g/mol. The molecule has 1 fully saturated rings. The van der Waals surface area contributed by atoms with Crippen LogP contribution in [0.3, 0.4) is 0 Å². The number of fused-ring (bicyclic) bond motifs is 1. The van der Waals surface area contributed by atoms with E-state index in [-0.39, 0.29) is 11.8 Å². The highest BCUT2D eigenvalue weighted by Gasteiger charge is 2.22.